The van der Waals surface area contributed by atoms with E-state index in [1.165, 1.54) is 33.0 Å². The molecule has 0 bridgehead atoms. The molecule has 0 aliphatic carbocycles. The van der Waals surface area contributed by atoms with Gasteiger partial charge in [-0.1, -0.05) is 17.2 Å². The van der Waals surface area contributed by atoms with Crippen molar-refractivity contribution in [3.05, 3.63) is 52.6 Å². The molecular weight excluding hydrogens is 492 g/mol. The van der Waals surface area contributed by atoms with Gasteiger partial charge in [0.15, 0.2) is 11.5 Å². The minimum atomic E-state index is -4.14. The maximum atomic E-state index is 13.8. The average molecular weight is 519 g/mol. The highest BCUT2D eigenvalue weighted by molar-refractivity contribution is 7.18. The summed E-state index contributed by atoms with van der Waals surface area (Å²) in [6.45, 7) is 7.11. The number of ether oxygens (including phenoxy) is 5. The van der Waals surface area contributed by atoms with Crippen LogP contribution < -0.4 is 23.7 Å². The molecule has 0 saturated carbocycles. The SMILES string of the molecule is CC(C)=CCOc1cc(C)c(OCCCCOc2ccc3c(c2)OC(F)(F)C(F)(P)O3)c(Cl)c1. The summed E-state index contributed by atoms with van der Waals surface area (Å²) in [4.78, 5) is 0. The molecular formula is C24H27ClF3O5P. The topological polar surface area (TPSA) is 46.2 Å². The van der Waals surface area contributed by atoms with E-state index < -0.39 is 11.7 Å². The Balaban J connectivity index is 1.43. The molecule has 10 heteroatoms. The van der Waals surface area contributed by atoms with Crippen LogP contribution >= 0.6 is 20.8 Å². The number of hydrogen-bond acceptors (Lipinski definition) is 5. The molecule has 34 heavy (non-hydrogen) atoms. The third-order valence-corrected chi connectivity index (χ3v) is 5.54. The van der Waals surface area contributed by atoms with Crippen molar-refractivity contribution in [2.75, 3.05) is 19.8 Å². The molecule has 1 aliphatic heterocycles. The summed E-state index contributed by atoms with van der Waals surface area (Å²) in [6.07, 6.45) is -0.844. The van der Waals surface area contributed by atoms with E-state index in [9.17, 15) is 13.2 Å². The first-order chi connectivity index (χ1) is 16.0. The van der Waals surface area contributed by atoms with Crippen LogP contribution in [0, 0.1) is 6.92 Å². The highest BCUT2D eigenvalue weighted by Gasteiger charge is 2.60. The van der Waals surface area contributed by atoms with Crippen LogP contribution in [0.4, 0.5) is 13.2 Å². The van der Waals surface area contributed by atoms with Gasteiger partial charge in [-0.3, -0.25) is 0 Å². The third kappa shape index (κ3) is 6.63. The van der Waals surface area contributed by atoms with Crippen molar-refractivity contribution in [1.29, 1.82) is 0 Å². The minimum Gasteiger partial charge on any atom is -0.493 e. The Hall–Kier alpha value is -2.31. The van der Waals surface area contributed by atoms with E-state index >= 15 is 0 Å². The second-order valence-electron chi connectivity index (χ2n) is 8.02. The Bertz CT molecular complexity index is 1020. The fraction of sp³-hybridized carbons (Fsp3) is 0.417. The van der Waals surface area contributed by atoms with E-state index in [-0.39, 0.29) is 11.5 Å². The predicted octanol–water partition coefficient (Wildman–Crippen LogP) is 7.09. The van der Waals surface area contributed by atoms with Crippen molar-refractivity contribution < 1.29 is 36.9 Å². The number of halogens is 4. The van der Waals surface area contributed by atoms with E-state index in [2.05, 4.69) is 9.47 Å². The summed E-state index contributed by atoms with van der Waals surface area (Å²) in [5, 5.41) is 0.472. The Morgan fingerprint density at radius 2 is 1.68 bits per heavy atom. The van der Waals surface area contributed by atoms with Crippen LogP contribution in [0.3, 0.4) is 0 Å². The summed E-state index contributed by atoms with van der Waals surface area (Å²) >= 11 is 6.35. The minimum absolute atomic E-state index is 0.134. The van der Waals surface area contributed by atoms with E-state index in [0.29, 0.717) is 54.9 Å². The van der Waals surface area contributed by atoms with E-state index in [1.807, 2.05) is 32.9 Å². The Morgan fingerprint density at radius 3 is 2.35 bits per heavy atom. The number of rotatable bonds is 10. The first kappa shape index (κ1) is 26.3. The number of benzene rings is 2. The van der Waals surface area contributed by atoms with Crippen molar-refractivity contribution in [2.45, 2.75) is 45.3 Å². The Labute approximate surface area is 204 Å². The van der Waals surface area contributed by atoms with Crippen LogP contribution in [0.5, 0.6) is 28.7 Å². The van der Waals surface area contributed by atoms with Gasteiger partial charge in [-0.15, -0.1) is 0 Å². The van der Waals surface area contributed by atoms with Crippen LogP contribution in [-0.2, 0) is 0 Å². The molecule has 2 aromatic rings. The van der Waals surface area contributed by atoms with Gasteiger partial charge in [-0.2, -0.15) is 13.2 Å². The summed E-state index contributed by atoms with van der Waals surface area (Å²) in [7, 11) is 1.32. The van der Waals surface area contributed by atoms with Gasteiger partial charge in [0, 0.05) is 12.1 Å². The van der Waals surface area contributed by atoms with Gasteiger partial charge < -0.3 is 23.7 Å². The lowest BCUT2D eigenvalue weighted by Gasteiger charge is -2.35. The average Bonchev–Trinajstić information content (AvgIpc) is 2.72. The summed E-state index contributed by atoms with van der Waals surface area (Å²) in [5.74, 6) is 1.15. The molecule has 0 fully saturated rings. The molecule has 0 aromatic heterocycles. The molecule has 0 saturated heterocycles. The predicted molar refractivity (Wildman–Crippen MR) is 128 cm³/mol. The number of unbranched alkanes of at least 4 members (excludes halogenated alkanes) is 1. The zero-order valence-corrected chi connectivity index (χ0v) is 21.0. The van der Waals surface area contributed by atoms with Gasteiger partial charge >= 0.3 is 11.7 Å². The van der Waals surface area contributed by atoms with Crippen molar-refractivity contribution in [3.8, 4) is 28.7 Å². The lowest BCUT2D eigenvalue weighted by atomic mass is 10.2. The summed E-state index contributed by atoms with van der Waals surface area (Å²) in [6, 6.07) is 7.65. The van der Waals surface area contributed by atoms with Crippen molar-refractivity contribution in [3.63, 3.8) is 0 Å². The van der Waals surface area contributed by atoms with Gasteiger partial charge in [-0.05, 0) is 72.7 Å². The number of aryl methyl sites for hydroxylation is 1. The van der Waals surface area contributed by atoms with Gasteiger partial charge in [-0.25, -0.2) is 0 Å². The van der Waals surface area contributed by atoms with E-state index in [0.717, 1.165) is 5.56 Å². The number of hydrogen-bond donors (Lipinski definition) is 0. The lowest BCUT2D eigenvalue weighted by Crippen LogP contribution is -2.50. The highest BCUT2D eigenvalue weighted by atomic mass is 35.5. The molecule has 1 aliphatic rings. The van der Waals surface area contributed by atoms with Gasteiger partial charge in [0.05, 0.1) is 18.2 Å². The zero-order chi connectivity index (χ0) is 24.9. The molecule has 2 unspecified atom stereocenters. The maximum absolute atomic E-state index is 13.8. The van der Waals surface area contributed by atoms with Gasteiger partial charge in [0.25, 0.3) is 0 Å². The number of alkyl halides is 3. The molecule has 0 amide bonds. The third-order valence-electron chi connectivity index (χ3n) is 4.81. The van der Waals surface area contributed by atoms with Crippen molar-refractivity contribution in [2.24, 2.45) is 0 Å². The van der Waals surface area contributed by atoms with Crippen LogP contribution in [0.1, 0.15) is 32.3 Å². The smallest absolute Gasteiger partial charge is 0.475 e. The van der Waals surface area contributed by atoms with Crippen LogP contribution in [-0.4, -0.2) is 31.5 Å². The first-order valence-corrected chi connectivity index (χ1v) is 11.6. The number of fused-ring (bicyclic) bond motifs is 1. The van der Waals surface area contributed by atoms with Crippen LogP contribution in [0.25, 0.3) is 0 Å². The number of allylic oxidation sites excluding steroid dienone is 1. The molecule has 186 valence electrons. The van der Waals surface area contributed by atoms with Crippen molar-refractivity contribution in [1.82, 2.24) is 0 Å². The molecule has 2 aromatic carbocycles. The molecule has 0 spiro atoms. The zero-order valence-electron chi connectivity index (χ0n) is 19.1. The lowest BCUT2D eigenvalue weighted by molar-refractivity contribution is -0.299. The fourth-order valence-corrected chi connectivity index (χ4v) is 3.50. The van der Waals surface area contributed by atoms with Gasteiger partial charge in [0.2, 0.25) is 0 Å². The summed E-state index contributed by atoms with van der Waals surface area (Å²) < 4.78 is 67.4. The fourth-order valence-electron chi connectivity index (χ4n) is 3.01. The van der Waals surface area contributed by atoms with Gasteiger partial charge in [0.1, 0.15) is 23.9 Å². The van der Waals surface area contributed by atoms with E-state index in [1.54, 1.807) is 6.07 Å². The Kier molecular flexibility index (Phi) is 8.47. The monoisotopic (exact) mass is 518 g/mol. The first-order valence-electron chi connectivity index (χ1n) is 10.7. The quantitative estimate of drug-likeness (QED) is 0.191. The second kappa shape index (κ2) is 11.0. The summed E-state index contributed by atoms with van der Waals surface area (Å²) in [5.41, 5.74) is -1.29. The molecule has 3 rings (SSSR count). The Morgan fingerprint density at radius 1 is 0.971 bits per heavy atom. The standard InChI is InChI=1S/C24H27ClF3O5P/c1-15(2)8-11-30-18-12-16(3)22(19(25)13-18)31-10-5-4-9-29-17-6-7-20-21(14-17)32-23(26,27)24(28,34)33-20/h6-8,12-14H,4-5,9-11,34H2,1-3H3. The molecule has 5 nitrogen and oxygen atoms in total. The normalized spacial score (nSPS) is 18.2. The van der Waals surface area contributed by atoms with Crippen LogP contribution in [0.15, 0.2) is 42.0 Å². The highest BCUT2D eigenvalue weighted by Crippen LogP contribution is 2.50. The van der Waals surface area contributed by atoms with Crippen molar-refractivity contribution >= 4 is 20.8 Å². The molecule has 0 radical (unpaired) electrons. The maximum Gasteiger partial charge on any atom is 0.475 e. The molecule has 0 N–H and O–H groups in total. The van der Waals surface area contributed by atoms with E-state index in [4.69, 9.17) is 25.8 Å². The molecule has 2 atom stereocenters. The largest absolute Gasteiger partial charge is 0.493 e. The second-order valence-corrected chi connectivity index (χ2v) is 9.17. The van der Waals surface area contributed by atoms with Crippen LogP contribution in [0.2, 0.25) is 5.02 Å². The molecule has 1 heterocycles.